The Kier molecular flexibility index (Phi) is 5.82. The molecule has 1 amide bonds. The molecule has 0 radical (unpaired) electrons. The quantitative estimate of drug-likeness (QED) is 0.795. The van der Waals surface area contributed by atoms with Gasteiger partial charge in [0.25, 0.3) is 5.91 Å². The van der Waals surface area contributed by atoms with Crippen LogP contribution in [0.3, 0.4) is 0 Å². The maximum absolute atomic E-state index is 13.2. The van der Waals surface area contributed by atoms with Gasteiger partial charge < -0.3 is 19.3 Å². The van der Waals surface area contributed by atoms with E-state index in [1.54, 1.807) is 7.11 Å². The summed E-state index contributed by atoms with van der Waals surface area (Å²) in [6.45, 7) is 7.42. The molecular weight excluding hydrogens is 340 g/mol. The number of likely N-dealkylation sites (tertiary alicyclic amines) is 1. The summed E-state index contributed by atoms with van der Waals surface area (Å²) in [4.78, 5) is 17.5. The average Bonchev–Trinajstić information content (AvgIpc) is 3.04. The van der Waals surface area contributed by atoms with Crippen molar-refractivity contribution >= 4 is 5.91 Å². The molecule has 5 heteroatoms. The molecule has 1 saturated heterocycles. The number of carbonyl (C=O) groups excluding carboxylic acids is 1. The van der Waals surface area contributed by atoms with Gasteiger partial charge in [0.15, 0.2) is 5.60 Å². The number of carbonyl (C=O) groups is 1. The highest BCUT2D eigenvalue weighted by Gasteiger charge is 2.46. The summed E-state index contributed by atoms with van der Waals surface area (Å²) in [5, 5.41) is 0. The van der Waals surface area contributed by atoms with E-state index >= 15 is 0 Å². The summed E-state index contributed by atoms with van der Waals surface area (Å²) in [6, 6.07) is 8.29. The minimum absolute atomic E-state index is 0.0767. The third kappa shape index (κ3) is 4.30. The highest BCUT2D eigenvalue weighted by atomic mass is 16.5. The van der Waals surface area contributed by atoms with Gasteiger partial charge in [-0.05, 0) is 71.7 Å². The third-order valence-corrected chi connectivity index (χ3v) is 6.25. The second-order valence-corrected chi connectivity index (χ2v) is 8.93. The van der Waals surface area contributed by atoms with E-state index in [9.17, 15) is 4.79 Å². The van der Waals surface area contributed by atoms with Gasteiger partial charge in [0.2, 0.25) is 0 Å². The van der Waals surface area contributed by atoms with Crippen molar-refractivity contribution in [2.24, 2.45) is 11.8 Å². The van der Waals surface area contributed by atoms with E-state index < -0.39 is 5.60 Å². The number of aryl methyl sites for hydroxylation is 1. The van der Waals surface area contributed by atoms with Crippen LogP contribution >= 0.6 is 0 Å². The summed E-state index contributed by atoms with van der Waals surface area (Å²) >= 11 is 0. The molecule has 1 aromatic carbocycles. The molecule has 1 saturated carbocycles. The van der Waals surface area contributed by atoms with Crippen LogP contribution in [-0.4, -0.2) is 67.7 Å². The Morgan fingerprint density at radius 1 is 1.11 bits per heavy atom. The van der Waals surface area contributed by atoms with Crippen LogP contribution in [-0.2, 0) is 9.53 Å². The molecule has 5 nitrogen and oxygen atoms in total. The van der Waals surface area contributed by atoms with Gasteiger partial charge in [0.1, 0.15) is 5.75 Å². The van der Waals surface area contributed by atoms with Crippen molar-refractivity contribution in [3.05, 3.63) is 29.8 Å². The first kappa shape index (κ1) is 20.2. The second kappa shape index (κ2) is 7.80. The highest BCUT2D eigenvalue weighted by molar-refractivity contribution is 5.85. The molecule has 1 aromatic rings. The van der Waals surface area contributed by atoms with E-state index in [4.69, 9.17) is 9.47 Å². The number of amides is 1. The SMILES string of the molecule is CO[C@@H]1C[C@H]2CN(C(=O)C(C)(C)Oc3ccc(C)cc3)C[C@H]2C[C@H]1N(C)C. The third-order valence-electron chi connectivity index (χ3n) is 6.25. The Bertz CT molecular complexity index is 656. The number of hydrogen-bond acceptors (Lipinski definition) is 4. The van der Waals surface area contributed by atoms with Crippen molar-refractivity contribution < 1.29 is 14.3 Å². The molecule has 27 heavy (non-hydrogen) atoms. The monoisotopic (exact) mass is 374 g/mol. The number of methoxy groups -OCH3 is 1. The zero-order valence-electron chi connectivity index (χ0n) is 17.6. The normalized spacial score (nSPS) is 28.3. The fourth-order valence-corrected chi connectivity index (χ4v) is 4.68. The lowest BCUT2D eigenvalue weighted by Gasteiger charge is -2.40. The van der Waals surface area contributed by atoms with E-state index in [2.05, 4.69) is 19.0 Å². The fourth-order valence-electron chi connectivity index (χ4n) is 4.68. The first-order chi connectivity index (χ1) is 12.7. The maximum Gasteiger partial charge on any atom is 0.266 e. The molecule has 0 bridgehead atoms. The molecule has 0 unspecified atom stereocenters. The van der Waals surface area contributed by atoms with Gasteiger partial charge in [-0.15, -0.1) is 0 Å². The molecule has 0 aromatic heterocycles. The van der Waals surface area contributed by atoms with Crippen LogP contribution < -0.4 is 4.74 Å². The zero-order chi connectivity index (χ0) is 19.8. The summed E-state index contributed by atoms with van der Waals surface area (Å²) < 4.78 is 11.8. The number of benzene rings is 1. The summed E-state index contributed by atoms with van der Waals surface area (Å²) in [7, 11) is 6.04. The maximum atomic E-state index is 13.2. The number of ether oxygens (including phenoxy) is 2. The van der Waals surface area contributed by atoms with Gasteiger partial charge in [-0.25, -0.2) is 0 Å². The molecule has 150 valence electrons. The minimum atomic E-state index is -0.871. The van der Waals surface area contributed by atoms with Crippen LogP contribution in [0.1, 0.15) is 32.3 Å². The molecule has 0 N–H and O–H groups in total. The average molecular weight is 375 g/mol. The van der Waals surface area contributed by atoms with Crippen LogP contribution in [0.15, 0.2) is 24.3 Å². The predicted octanol–water partition coefficient (Wildman–Crippen LogP) is 2.97. The molecular formula is C22H34N2O3. The van der Waals surface area contributed by atoms with Gasteiger partial charge >= 0.3 is 0 Å². The van der Waals surface area contributed by atoms with Crippen LogP contribution in [0.5, 0.6) is 5.75 Å². The molecule has 1 aliphatic carbocycles. The van der Waals surface area contributed by atoms with E-state index in [1.807, 2.05) is 49.9 Å². The second-order valence-electron chi connectivity index (χ2n) is 8.93. The van der Waals surface area contributed by atoms with E-state index in [-0.39, 0.29) is 12.0 Å². The zero-order valence-corrected chi connectivity index (χ0v) is 17.6. The molecule has 2 fully saturated rings. The molecule has 3 rings (SSSR count). The largest absolute Gasteiger partial charge is 0.478 e. The Balaban J connectivity index is 1.66. The van der Waals surface area contributed by atoms with E-state index in [0.29, 0.717) is 17.9 Å². The topological polar surface area (TPSA) is 42.0 Å². The molecule has 1 heterocycles. The van der Waals surface area contributed by atoms with Crippen molar-refractivity contribution in [1.29, 1.82) is 0 Å². The van der Waals surface area contributed by atoms with Gasteiger partial charge in [-0.1, -0.05) is 17.7 Å². The van der Waals surface area contributed by atoms with Crippen molar-refractivity contribution in [2.45, 2.75) is 51.4 Å². The van der Waals surface area contributed by atoms with Gasteiger partial charge in [0, 0.05) is 26.2 Å². The number of rotatable bonds is 5. The van der Waals surface area contributed by atoms with E-state index in [1.165, 1.54) is 5.56 Å². The summed E-state index contributed by atoms with van der Waals surface area (Å²) in [5.74, 6) is 1.88. The predicted molar refractivity (Wildman–Crippen MR) is 107 cm³/mol. The summed E-state index contributed by atoms with van der Waals surface area (Å²) in [5.41, 5.74) is 0.308. The minimum Gasteiger partial charge on any atom is -0.478 e. The molecule has 1 aliphatic heterocycles. The summed E-state index contributed by atoms with van der Waals surface area (Å²) in [6.07, 6.45) is 2.35. The van der Waals surface area contributed by atoms with Crippen LogP contribution in [0.2, 0.25) is 0 Å². The molecule has 4 atom stereocenters. The smallest absolute Gasteiger partial charge is 0.266 e. The Morgan fingerprint density at radius 2 is 1.70 bits per heavy atom. The van der Waals surface area contributed by atoms with Crippen LogP contribution in [0.4, 0.5) is 0 Å². The fraction of sp³-hybridized carbons (Fsp3) is 0.682. The first-order valence-electron chi connectivity index (χ1n) is 9.95. The Hall–Kier alpha value is -1.59. The van der Waals surface area contributed by atoms with Crippen LogP contribution in [0.25, 0.3) is 0 Å². The standard InChI is InChI=1S/C22H34N2O3/c1-15-7-9-18(10-8-15)27-22(2,3)21(25)24-13-16-11-19(23(4)5)20(26-6)12-17(16)14-24/h7-10,16-17,19-20H,11-14H2,1-6H3/t16-,17+,19-,20-/m1/s1. The lowest BCUT2D eigenvalue weighted by molar-refractivity contribution is -0.144. The molecule has 0 spiro atoms. The highest BCUT2D eigenvalue weighted by Crippen LogP contribution is 2.39. The van der Waals surface area contributed by atoms with Crippen molar-refractivity contribution in [3.8, 4) is 5.75 Å². The first-order valence-corrected chi connectivity index (χ1v) is 9.95. The number of likely N-dealkylation sites (N-methyl/N-ethyl adjacent to an activating group) is 1. The lowest BCUT2D eigenvalue weighted by Crippen LogP contribution is -2.48. The van der Waals surface area contributed by atoms with Crippen molar-refractivity contribution in [1.82, 2.24) is 9.80 Å². The number of hydrogen-bond donors (Lipinski definition) is 0. The Morgan fingerprint density at radius 3 is 2.26 bits per heavy atom. The van der Waals surface area contributed by atoms with Gasteiger partial charge in [0.05, 0.1) is 6.10 Å². The van der Waals surface area contributed by atoms with Crippen molar-refractivity contribution in [2.75, 3.05) is 34.3 Å². The Labute approximate surface area is 163 Å². The van der Waals surface area contributed by atoms with E-state index in [0.717, 1.165) is 31.7 Å². The van der Waals surface area contributed by atoms with Crippen molar-refractivity contribution in [3.63, 3.8) is 0 Å². The number of nitrogens with zero attached hydrogens (tertiary/aromatic N) is 2. The van der Waals surface area contributed by atoms with Gasteiger partial charge in [-0.3, -0.25) is 4.79 Å². The van der Waals surface area contributed by atoms with Gasteiger partial charge in [-0.2, -0.15) is 0 Å². The lowest BCUT2D eigenvalue weighted by atomic mass is 9.77. The molecule has 2 aliphatic rings. The van der Waals surface area contributed by atoms with Crippen LogP contribution in [0, 0.1) is 18.8 Å². The number of fused-ring (bicyclic) bond motifs is 1.